The summed E-state index contributed by atoms with van der Waals surface area (Å²) >= 11 is 0. The Morgan fingerprint density at radius 1 is 1.07 bits per heavy atom. The van der Waals surface area contributed by atoms with E-state index in [0.29, 0.717) is 11.3 Å². The number of imidazole rings is 1. The van der Waals surface area contributed by atoms with Crippen LogP contribution in [-0.4, -0.2) is 18.7 Å². The first-order valence-electron chi connectivity index (χ1n) is 9.62. The Labute approximate surface area is 172 Å². The predicted octanol–water partition coefficient (Wildman–Crippen LogP) is 4.06. The predicted molar refractivity (Wildman–Crippen MR) is 118 cm³/mol. The van der Waals surface area contributed by atoms with Gasteiger partial charge in [0.05, 0.1) is 40.1 Å². The van der Waals surface area contributed by atoms with Crippen LogP contribution < -0.4 is 5.69 Å². The van der Waals surface area contributed by atoms with Crippen LogP contribution in [-0.2, 0) is 14.1 Å². The van der Waals surface area contributed by atoms with Gasteiger partial charge < -0.3 is 4.57 Å². The molecule has 0 atom stereocenters. The van der Waals surface area contributed by atoms with Gasteiger partial charge in [-0.1, -0.05) is 12.1 Å². The van der Waals surface area contributed by atoms with Gasteiger partial charge in [0.1, 0.15) is 0 Å². The average molecular weight is 393 g/mol. The van der Waals surface area contributed by atoms with Crippen molar-refractivity contribution in [3.8, 4) is 23.0 Å². The fraction of sp³-hybridized carbons (Fsp3) is 0.125. The van der Waals surface area contributed by atoms with Crippen LogP contribution in [0.5, 0.6) is 0 Å². The Morgan fingerprint density at radius 2 is 1.90 bits per heavy atom. The second kappa shape index (κ2) is 6.46. The van der Waals surface area contributed by atoms with Crippen molar-refractivity contribution in [3.05, 3.63) is 82.5 Å². The Balaban J connectivity index is 1.93. The summed E-state index contributed by atoms with van der Waals surface area (Å²) in [5.74, 6) is 0. The van der Waals surface area contributed by atoms with Gasteiger partial charge >= 0.3 is 5.69 Å². The van der Waals surface area contributed by atoms with Crippen LogP contribution in [0, 0.1) is 18.3 Å². The zero-order valence-corrected chi connectivity index (χ0v) is 16.9. The molecule has 6 nitrogen and oxygen atoms in total. The molecule has 2 aromatic carbocycles. The summed E-state index contributed by atoms with van der Waals surface area (Å²) in [6.45, 7) is 1.94. The second-order valence-electron chi connectivity index (χ2n) is 7.52. The molecule has 0 N–H and O–H groups in total. The van der Waals surface area contributed by atoms with Crippen molar-refractivity contribution in [1.29, 1.82) is 5.26 Å². The maximum absolute atomic E-state index is 13.3. The van der Waals surface area contributed by atoms with E-state index in [9.17, 15) is 10.1 Å². The first-order valence-corrected chi connectivity index (χ1v) is 9.62. The molecule has 0 amide bonds. The second-order valence-corrected chi connectivity index (χ2v) is 7.52. The summed E-state index contributed by atoms with van der Waals surface area (Å²) in [6.07, 6.45) is 3.74. The van der Waals surface area contributed by atoms with Gasteiger partial charge in [0, 0.05) is 31.4 Å². The van der Waals surface area contributed by atoms with Crippen molar-refractivity contribution in [1.82, 2.24) is 18.7 Å². The van der Waals surface area contributed by atoms with Crippen LogP contribution in [0.1, 0.15) is 11.1 Å². The lowest BCUT2D eigenvalue weighted by molar-refractivity contribution is 0.843. The summed E-state index contributed by atoms with van der Waals surface area (Å²) < 4.78 is 5.37. The number of aromatic nitrogens is 4. The minimum Gasteiger partial charge on any atom is -0.351 e. The Bertz CT molecular complexity index is 1560. The lowest BCUT2D eigenvalue weighted by Crippen LogP contribution is -2.21. The van der Waals surface area contributed by atoms with E-state index in [-0.39, 0.29) is 5.69 Å². The normalized spacial score (nSPS) is 11.3. The maximum Gasteiger partial charge on any atom is 0.333 e. The monoisotopic (exact) mass is 393 g/mol. The van der Waals surface area contributed by atoms with Gasteiger partial charge in [-0.2, -0.15) is 5.26 Å². The molecule has 0 fully saturated rings. The standard InChI is InChI=1S/C24H19N5O/c1-15-6-7-16(13-25)11-21(15)29-23-18-12-17(20-5-4-10-27(20)2)8-9-19(18)26-14-22(23)28(3)24(29)30/h4-12,14H,1-3H3. The number of fused-ring (bicyclic) bond motifs is 3. The van der Waals surface area contributed by atoms with Crippen molar-refractivity contribution >= 4 is 21.9 Å². The highest BCUT2D eigenvalue weighted by Gasteiger charge is 2.18. The lowest BCUT2D eigenvalue weighted by Gasteiger charge is -2.11. The third kappa shape index (κ3) is 2.49. The van der Waals surface area contributed by atoms with Crippen molar-refractivity contribution in [2.75, 3.05) is 0 Å². The summed E-state index contributed by atoms with van der Waals surface area (Å²) in [5.41, 5.74) is 6.47. The molecular formula is C24H19N5O. The van der Waals surface area contributed by atoms with E-state index in [2.05, 4.69) is 27.8 Å². The highest BCUT2D eigenvalue weighted by Crippen LogP contribution is 2.30. The molecule has 3 heterocycles. The van der Waals surface area contributed by atoms with Crippen molar-refractivity contribution in [2.24, 2.45) is 14.1 Å². The molecule has 0 saturated heterocycles. The molecule has 5 aromatic rings. The van der Waals surface area contributed by atoms with Crippen molar-refractivity contribution in [2.45, 2.75) is 6.92 Å². The minimum absolute atomic E-state index is 0.165. The number of pyridine rings is 1. The largest absolute Gasteiger partial charge is 0.351 e. The fourth-order valence-corrected chi connectivity index (χ4v) is 4.06. The molecule has 0 bridgehead atoms. The van der Waals surface area contributed by atoms with Crippen LogP contribution >= 0.6 is 0 Å². The van der Waals surface area contributed by atoms with Gasteiger partial charge in [-0.25, -0.2) is 4.79 Å². The molecule has 0 unspecified atom stereocenters. The third-order valence-electron chi connectivity index (χ3n) is 5.70. The summed E-state index contributed by atoms with van der Waals surface area (Å²) in [6, 6.07) is 17.8. The number of aryl methyl sites for hydroxylation is 3. The molecule has 0 radical (unpaired) electrons. The molecule has 6 heteroatoms. The number of nitriles is 1. The quantitative estimate of drug-likeness (QED) is 0.454. The van der Waals surface area contributed by atoms with Gasteiger partial charge in [0.15, 0.2) is 0 Å². The van der Waals surface area contributed by atoms with Gasteiger partial charge in [-0.3, -0.25) is 14.1 Å². The van der Waals surface area contributed by atoms with Crippen LogP contribution in [0.15, 0.2) is 65.7 Å². The van der Waals surface area contributed by atoms with Gasteiger partial charge in [0.2, 0.25) is 0 Å². The summed E-state index contributed by atoms with van der Waals surface area (Å²) in [7, 11) is 3.76. The molecular weight excluding hydrogens is 374 g/mol. The first-order chi connectivity index (χ1) is 14.5. The molecule has 3 aromatic heterocycles. The molecule has 146 valence electrons. The van der Waals surface area contributed by atoms with Gasteiger partial charge in [-0.05, 0) is 54.4 Å². The summed E-state index contributed by atoms with van der Waals surface area (Å²) in [4.78, 5) is 17.9. The fourth-order valence-electron chi connectivity index (χ4n) is 4.06. The number of rotatable bonds is 2. The van der Waals surface area contributed by atoms with Crippen LogP contribution in [0.4, 0.5) is 0 Å². The SMILES string of the molecule is Cc1ccc(C#N)cc1-n1c(=O)n(C)c2cnc3ccc(-c4cccn4C)cc3c21. The zero-order chi connectivity index (χ0) is 21.0. The molecule has 0 saturated carbocycles. The minimum atomic E-state index is -0.165. The molecule has 5 rings (SSSR count). The van der Waals surface area contributed by atoms with E-state index in [4.69, 9.17) is 0 Å². The molecule has 0 aliphatic heterocycles. The van der Waals surface area contributed by atoms with Crippen LogP contribution in [0.2, 0.25) is 0 Å². The topological polar surface area (TPSA) is 68.5 Å². The Morgan fingerprint density at radius 3 is 2.63 bits per heavy atom. The van der Waals surface area contributed by atoms with E-state index >= 15 is 0 Å². The highest BCUT2D eigenvalue weighted by atomic mass is 16.1. The maximum atomic E-state index is 13.3. The van der Waals surface area contributed by atoms with Crippen molar-refractivity contribution < 1.29 is 0 Å². The molecule has 0 spiro atoms. The zero-order valence-electron chi connectivity index (χ0n) is 16.9. The number of hydrogen-bond acceptors (Lipinski definition) is 3. The number of benzene rings is 2. The molecule has 0 aliphatic rings. The molecule has 30 heavy (non-hydrogen) atoms. The third-order valence-corrected chi connectivity index (χ3v) is 5.70. The van der Waals surface area contributed by atoms with E-state index in [1.165, 1.54) is 0 Å². The van der Waals surface area contributed by atoms with Crippen LogP contribution in [0.25, 0.3) is 38.9 Å². The number of nitrogens with zero attached hydrogens (tertiary/aromatic N) is 5. The summed E-state index contributed by atoms with van der Waals surface area (Å²) in [5, 5.41) is 10.3. The Hall–Kier alpha value is -4.11. The van der Waals surface area contributed by atoms with E-state index in [1.807, 2.05) is 44.4 Å². The highest BCUT2D eigenvalue weighted by molar-refractivity contribution is 6.04. The first kappa shape index (κ1) is 18.0. The van der Waals surface area contributed by atoms with Gasteiger partial charge in [-0.15, -0.1) is 0 Å². The molecule has 0 aliphatic carbocycles. The van der Waals surface area contributed by atoms with E-state index in [1.54, 1.807) is 34.5 Å². The van der Waals surface area contributed by atoms with Crippen molar-refractivity contribution in [3.63, 3.8) is 0 Å². The van der Waals surface area contributed by atoms with Gasteiger partial charge in [0.25, 0.3) is 0 Å². The smallest absolute Gasteiger partial charge is 0.333 e. The number of hydrogen-bond donors (Lipinski definition) is 0. The van der Waals surface area contributed by atoms with Crippen LogP contribution in [0.3, 0.4) is 0 Å². The Kier molecular flexibility index (Phi) is 3.87. The van der Waals surface area contributed by atoms with E-state index < -0.39 is 0 Å². The lowest BCUT2D eigenvalue weighted by atomic mass is 10.1. The van der Waals surface area contributed by atoms with E-state index in [0.717, 1.165) is 38.8 Å². The average Bonchev–Trinajstić information content (AvgIpc) is 3.30.